The molecular formula is C14H16N2O2S. The second-order valence-corrected chi connectivity index (χ2v) is 5.34. The average Bonchev–Trinajstić information content (AvgIpc) is 2.97. The summed E-state index contributed by atoms with van der Waals surface area (Å²) in [6.07, 6.45) is 2.89. The molecule has 19 heavy (non-hydrogen) atoms. The first-order chi connectivity index (χ1) is 9.42. The third-order valence-electron chi connectivity index (χ3n) is 2.98. The zero-order chi connectivity index (χ0) is 12.9. The first-order valence-electron chi connectivity index (χ1n) is 6.38. The standard InChI is InChI=1S/C14H16N2O2S/c1-2-13-14(18-6-5-17-13)7-11(1)3-4-15-8-12-9-16-10-19-12/h1-2,7,9-10,15H,3-6,8H2. The summed E-state index contributed by atoms with van der Waals surface area (Å²) in [5, 5.41) is 3.41. The molecule has 0 bridgehead atoms. The fourth-order valence-electron chi connectivity index (χ4n) is 2.02. The molecule has 1 aromatic heterocycles. The minimum atomic E-state index is 0.639. The van der Waals surface area contributed by atoms with Gasteiger partial charge in [0.2, 0.25) is 0 Å². The maximum Gasteiger partial charge on any atom is 0.161 e. The fourth-order valence-corrected chi connectivity index (χ4v) is 2.58. The van der Waals surface area contributed by atoms with Crippen molar-refractivity contribution in [3.63, 3.8) is 0 Å². The van der Waals surface area contributed by atoms with Gasteiger partial charge in [-0.25, -0.2) is 0 Å². The molecular weight excluding hydrogens is 260 g/mol. The van der Waals surface area contributed by atoms with Crippen LogP contribution in [0.4, 0.5) is 0 Å². The van der Waals surface area contributed by atoms with E-state index in [9.17, 15) is 0 Å². The third-order valence-corrected chi connectivity index (χ3v) is 3.76. The van der Waals surface area contributed by atoms with Gasteiger partial charge >= 0.3 is 0 Å². The van der Waals surface area contributed by atoms with E-state index in [1.54, 1.807) is 11.3 Å². The quantitative estimate of drug-likeness (QED) is 0.851. The summed E-state index contributed by atoms with van der Waals surface area (Å²) in [5.74, 6) is 1.72. The van der Waals surface area contributed by atoms with Crippen molar-refractivity contribution in [3.8, 4) is 11.5 Å². The lowest BCUT2D eigenvalue weighted by molar-refractivity contribution is 0.171. The molecule has 0 aliphatic carbocycles. The number of aromatic nitrogens is 1. The van der Waals surface area contributed by atoms with Crippen LogP contribution < -0.4 is 14.8 Å². The summed E-state index contributed by atoms with van der Waals surface area (Å²) >= 11 is 1.68. The maximum absolute atomic E-state index is 5.58. The summed E-state index contributed by atoms with van der Waals surface area (Å²) in [5.41, 5.74) is 3.12. The molecule has 0 saturated carbocycles. The first-order valence-corrected chi connectivity index (χ1v) is 7.26. The van der Waals surface area contributed by atoms with E-state index in [0.29, 0.717) is 13.2 Å². The molecule has 2 heterocycles. The Labute approximate surface area is 116 Å². The summed E-state index contributed by atoms with van der Waals surface area (Å²) in [4.78, 5) is 5.32. The van der Waals surface area contributed by atoms with Gasteiger partial charge in [-0.2, -0.15) is 0 Å². The van der Waals surface area contributed by atoms with Crippen molar-refractivity contribution < 1.29 is 9.47 Å². The molecule has 2 aromatic rings. The number of nitrogens with one attached hydrogen (secondary N) is 1. The van der Waals surface area contributed by atoms with Crippen molar-refractivity contribution in [2.45, 2.75) is 13.0 Å². The largest absolute Gasteiger partial charge is 0.486 e. The van der Waals surface area contributed by atoms with Crippen LogP contribution in [0, 0.1) is 0 Å². The van der Waals surface area contributed by atoms with Gasteiger partial charge in [0.05, 0.1) is 5.51 Å². The van der Waals surface area contributed by atoms with Gasteiger partial charge in [-0.1, -0.05) is 6.07 Å². The van der Waals surface area contributed by atoms with Crippen molar-refractivity contribution in [3.05, 3.63) is 40.3 Å². The van der Waals surface area contributed by atoms with Gasteiger partial charge in [0.25, 0.3) is 0 Å². The number of hydrogen-bond acceptors (Lipinski definition) is 5. The van der Waals surface area contributed by atoms with Gasteiger partial charge in [-0.15, -0.1) is 11.3 Å². The monoisotopic (exact) mass is 276 g/mol. The fraction of sp³-hybridized carbons (Fsp3) is 0.357. The molecule has 1 aliphatic rings. The van der Waals surface area contributed by atoms with Crippen LogP contribution in [0.3, 0.4) is 0 Å². The highest BCUT2D eigenvalue weighted by molar-refractivity contribution is 7.09. The maximum atomic E-state index is 5.58. The molecule has 4 nitrogen and oxygen atoms in total. The van der Waals surface area contributed by atoms with E-state index in [1.807, 2.05) is 17.8 Å². The number of ether oxygens (including phenoxy) is 2. The van der Waals surface area contributed by atoms with Gasteiger partial charge in [0.1, 0.15) is 13.2 Å². The van der Waals surface area contributed by atoms with Crippen LogP contribution in [0.1, 0.15) is 10.4 Å². The third kappa shape index (κ3) is 3.24. The normalized spacial score (nSPS) is 13.5. The number of benzene rings is 1. The highest BCUT2D eigenvalue weighted by Crippen LogP contribution is 2.30. The van der Waals surface area contributed by atoms with Crippen LogP contribution in [0.2, 0.25) is 0 Å². The van der Waals surface area contributed by atoms with E-state index in [1.165, 1.54) is 10.4 Å². The van der Waals surface area contributed by atoms with Crippen molar-refractivity contribution in [1.82, 2.24) is 10.3 Å². The van der Waals surface area contributed by atoms with E-state index < -0.39 is 0 Å². The lowest BCUT2D eigenvalue weighted by atomic mass is 10.1. The van der Waals surface area contributed by atoms with Crippen LogP contribution in [-0.2, 0) is 13.0 Å². The summed E-state index contributed by atoms with van der Waals surface area (Å²) in [6, 6.07) is 6.16. The molecule has 1 aliphatic heterocycles. The Morgan fingerprint density at radius 3 is 2.95 bits per heavy atom. The van der Waals surface area contributed by atoms with Crippen LogP contribution in [-0.4, -0.2) is 24.7 Å². The SMILES string of the molecule is c1ncc(CNCCc2ccc3c(c2)OCCO3)s1. The topological polar surface area (TPSA) is 43.4 Å². The molecule has 0 atom stereocenters. The molecule has 0 amide bonds. The molecule has 5 heteroatoms. The second kappa shape index (κ2) is 6.04. The summed E-state index contributed by atoms with van der Waals surface area (Å²) < 4.78 is 11.1. The van der Waals surface area contributed by atoms with Crippen molar-refractivity contribution in [2.24, 2.45) is 0 Å². The molecule has 100 valence electrons. The second-order valence-electron chi connectivity index (χ2n) is 4.37. The van der Waals surface area contributed by atoms with Crippen LogP contribution in [0.25, 0.3) is 0 Å². The Bertz CT molecular complexity index is 528. The molecule has 0 saturated heterocycles. The molecule has 0 radical (unpaired) electrons. The van der Waals surface area contributed by atoms with Crippen molar-refractivity contribution in [2.75, 3.05) is 19.8 Å². The van der Waals surface area contributed by atoms with Gasteiger partial charge in [0, 0.05) is 17.6 Å². The smallest absolute Gasteiger partial charge is 0.161 e. The van der Waals surface area contributed by atoms with Gasteiger partial charge in [-0.3, -0.25) is 4.98 Å². The molecule has 0 spiro atoms. The zero-order valence-electron chi connectivity index (χ0n) is 10.6. The van der Waals surface area contributed by atoms with Crippen molar-refractivity contribution >= 4 is 11.3 Å². The summed E-state index contributed by atoms with van der Waals surface area (Å²) in [6.45, 7) is 3.11. The first kappa shape index (κ1) is 12.4. The van der Waals surface area contributed by atoms with Crippen molar-refractivity contribution in [1.29, 1.82) is 0 Å². The Balaban J connectivity index is 1.50. The Morgan fingerprint density at radius 2 is 2.11 bits per heavy atom. The van der Waals surface area contributed by atoms with Gasteiger partial charge < -0.3 is 14.8 Å². The van der Waals surface area contributed by atoms with Crippen LogP contribution in [0.5, 0.6) is 11.5 Å². The Hall–Kier alpha value is -1.59. The number of rotatable bonds is 5. The molecule has 1 N–H and O–H groups in total. The average molecular weight is 276 g/mol. The number of hydrogen-bond donors (Lipinski definition) is 1. The predicted octanol–water partition coefficient (Wildman–Crippen LogP) is 2.25. The number of thiazole rings is 1. The molecule has 0 unspecified atom stereocenters. The summed E-state index contributed by atoms with van der Waals surface area (Å²) in [7, 11) is 0. The Morgan fingerprint density at radius 1 is 1.21 bits per heavy atom. The van der Waals surface area contributed by atoms with E-state index in [2.05, 4.69) is 22.4 Å². The zero-order valence-corrected chi connectivity index (χ0v) is 11.4. The van der Waals surface area contributed by atoms with E-state index >= 15 is 0 Å². The molecule has 1 aromatic carbocycles. The minimum absolute atomic E-state index is 0.639. The highest BCUT2D eigenvalue weighted by Gasteiger charge is 2.11. The minimum Gasteiger partial charge on any atom is -0.486 e. The molecule has 0 fully saturated rings. The lowest BCUT2D eigenvalue weighted by Gasteiger charge is -2.18. The van der Waals surface area contributed by atoms with Gasteiger partial charge in [-0.05, 0) is 30.7 Å². The Kier molecular flexibility index (Phi) is 3.95. The highest BCUT2D eigenvalue weighted by atomic mass is 32.1. The van der Waals surface area contributed by atoms with Gasteiger partial charge in [0.15, 0.2) is 11.5 Å². The van der Waals surface area contributed by atoms with E-state index in [0.717, 1.165) is 31.0 Å². The lowest BCUT2D eigenvalue weighted by Crippen LogP contribution is -2.17. The number of nitrogens with zero attached hydrogens (tertiary/aromatic N) is 1. The van der Waals surface area contributed by atoms with E-state index in [-0.39, 0.29) is 0 Å². The van der Waals surface area contributed by atoms with Crippen LogP contribution in [0.15, 0.2) is 29.9 Å². The number of fused-ring (bicyclic) bond motifs is 1. The predicted molar refractivity (Wildman–Crippen MR) is 75.0 cm³/mol. The molecule has 3 rings (SSSR count). The van der Waals surface area contributed by atoms with Crippen LogP contribution >= 0.6 is 11.3 Å². The van der Waals surface area contributed by atoms with E-state index in [4.69, 9.17) is 9.47 Å².